The third-order valence-corrected chi connectivity index (χ3v) is 7.83. The van der Waals surface area contributed by atoms with Crippen molar-refractivity contribution >= 4 is 55.6 Å². The molecule has 0 radical (unpaired) electrons. The van der Waals surface area contributed by atoms with Crippen molar-refractivity contribution in [2.24, 2.45) is 0 Å². The summed E-state index contributed by atoms with van der Waals surface area (Å²) in [6.07, 6.45) is 1.39. The fourth-order valence-corrected chi connectivity index (χ4v) is 5.34. The topological polar surface area (TPSA) is 101 Å². The van der Waals surface area contributed by atoms with Gasteiger partial charge in [0.05, 0.1) is 10.6 Å². The number of aryl methyl sites for hydroxylation is 1. The van der Waals surface area contributed by atoms with Crippen LogP contribution in [0, 0.1) is 0 Å². The molecule has 0 saturated carbocycles. The van der Waals surface area contributed by atoms with Crippen molar-refractivity contribution in [1.29, 1.82) is 0 Å². The molecule has 1 heterocycles. The number of nitrogens with zero attached hydrogens (tertiary/aromatic N) is 2. The van der Waals surface area contributed by atoms with Gasteiger partial charge < -0.3 is 0 Å². The average Bonchev–Trinajstić information content (AvgIpc) is 3.21. The Hall–Kier alpha value is -2.04. The number of sulfonamides is 1. The molecule has 0 saturated heterocycles. The molecule has 0 bridgehead atoms. The Balaban J connectivity index is 1.53. The summed E-state index contributed by atoms with van der Waals surface area (Å²) in [6, 6.07) is 12.8. The Kier molecular flexibility index (Phi) is 8.24. The van der Waals surface area contributed by atoms with Crippen molar-refractivity contribution in [2.45, 2.75) is 36.9 Å². The molecule has 2 N–H and O–H groups in total. The van der Waals surface area contributed by atoms with E-state index in [1.807, 2.05) is 0 Å². The van der Waals surface area contributed by atoms with Crippen LogP contribution < -0.4 is 10.0 Å². The molecular weight excluding hydrogens is 491 g/mol. The van der Waals surface area contributed by atoms with Crippen LogP contribution in [0.2, 0.25) is 10.0 Å². The van der Waals surface area contributed by atoms with E-state index in [9.17, 15) is 13.2 Å². The van der Waals surface area contributed by atoms with Gasteiger partial charge >= 0.3 is 0 Å². The highest BCUT2D eigenvalue weighted by Crippen LogP contribution is 2.24. The lowest BCUT2D eigenvalue weighted by Gasteiger charge is -2.07. The van der Waals surface area contributed by atoms with E-state index < -0.39 is 15.9 Å². The zero-order valence-corrected chi connectivity index (χ0v) is 20.6. The number of rotatable bonds is 9. The largest absolute Gasteiger partial charge is 0.296 e. The maximum absolute atomic E-state index is 12.5. The summed E-state index contributed by atoms with van der Waals surface area (Å²) < 4.78 is 27.2. The summed E-state index contributed by atoms with van der Waals surface area (Å²) in [7, 11) is -3.83. The predicted octanol–water partition coefficient (Wildman–Crippen LogP) is 5.13. The highest BCUT2D eigenvalue weighted by molar-refractivity contribution is 7.91. The van der Waals surface area contributed by atoms with Gasteiger partial charge in [-0.05, 0) is 48.1 Å². The van der Waals surface area contributed by atoms with Crippen LogP contribution in [-0.4, -0.2) is 31.1 Å². The van der Waals surface area contributed by atoms with Gasteiger partial charge in [0, 0.05) is 11.6 Å². The number of carbonyl (C=O) groups is 1. The van der Waals surface area contributed by atoms with Gasteiger partial charge in [-0.3, -0.25) is 10.1 Å². The number of anilines is 1. The van der Waals surface area contributed by atoms with Crippen LogP contribution in [0.4, 0.5) is 5.13 Å². The summed E-state index contributed by atoms with van der Waals surface area (Å²) in [6.45, 7) is 4.54. The number of nitrogens with one attached hydrogen (secondary N) is 2. The van der Waals surface area contributed by atoms with Gasteiger partial charge in [-0.1, -0.05) is 72.7 Å². The lowest BCUT2D eigenvalue weighted by atomic mass is 10.0. The lowest BCUT2D eigenvalue weighted by Crippen LogP contribution is -2.25. The van der Waals surface area contributed by atoms with Crippen LogP contribution in [-0.2, 0) is 16.4 Å². The molecule has 1 aromatic heterocycles. The second-order valence-corrected chi connectivity index (χ2v) is 11.1. The van der Waals surface area contributed by atoms with Crippen molar-refractivity contribution in [3.8, 4) is 0 Å². The average molecular weight is 513 g/mol. The monoisotopic (exact) mass is 512 g/mol. The first-order valence-electron chi connectivity index (χ1n) is 9.84. The number of halogens is 2. The van der Waals surface area contributed by atoms with Crippen molar-refractivity contribution in [3.05, 3.63) is 69.2 Å². The summed E-state index contributed by atoms with van der Waals surface area (Å²) in [4.78, 5) is 12.3. The minimum atomic E-state index is -3.83. The van der Waals surface area contributed by atoms with Crippen LogP contribution >= 0.6 is 34.5 Å². The Labute approximate surface area is 201 Å². The van der Waals surface area contributed by atoms with Gasteiger partial charge in [0.15, 0.2) is 0 Å². The Morgan fingerprint density at radius 1 is 1.09 bits per heavy atom. The molecule has 3 aromatic rings. The third-order valence-electron chi connectivity index (χ3n) is 4.61. The lowest BCUT2D eigenvalue weighted by molar-refractivity contribution is 0.102. The quantitative estimate of drug-likeness (QED) is 0.305. The smallest absolute Gasteiger partial charge is 0.269 e. The number of hydrogen-bond acceptors (Lipinski definition) is 6. The molecular formula is C21H22Cl2N4O3S2. The molecule has 0 aliphatic rings. The molecule has 170 valence electrons. The Morgan fingerprint density at radius 2 is 1.81 bits per heavy atom. The normalized spacial score (nSPS) is 11.7. The Morgan fingerprint density at radius 3 is 2.47 bits per heavy atom. The zero-order valence-electron chi connectivity index (χ0n) is 17.4. The minimum Gasteiger partial charge on any atom is -0.296 e. The second kappa shape index (κ2) is 10.7. The first kappa shape index (κ1) is 24.6. The maximum Gasteiger partial charge on any atom is 0.269 e. The third kappa shape index (κ3) is 6.49. The highest BCUT2D eigenvalue weighted by Gasteiger charge is 2.21. The van der Waals surface area contributed by atoms with Gasteiger partial charge in [-0.15, -0.1) is 10.2 Å². The van der Waals surface area contributed by atoms with E-state index in [4.69, 9.17) is 23.2 Å². The van der Waals surface area contributed by atoms with Crippen molar-refractivity contribution < 1.29 is 13.2 Å². The molecule has 2 aromatic carbocycles. The van der Waals surface area contributed by atoms with E-state index in [0.29, 0.717) is 17.4 Å². The molecule has 0 unspecified atom stereocenters. The number of carbonyl (C=O) groups excluding carboxylic acids is 1. The minimum absolute atomic E-state index is 0.0478. The van der Waals surface area contributed by atoms with Crippen LogP contribution in [0.3, 0.4) is 0 Å². The second-order valence-electron chi connectivity index (χ2n) is 7.35. The van der Waals surface area contributed by atoms with Gasteiger partial charge in [0.2, 0.25) is 9.47 Å². The summed E-state index contributed by atoms with van der Waals surface area (Å²) >= 11 is 12.6. The maximum atomic E-state index is 12.5. The van der Waals surface area contributed by atoms with E-state index in [0.717, 1.165) is 23.3 Å². The van der Waals surface area contributed by atoms with E-state index in [1.165, 1.54) is 23.8 Å². The Bertz CT molecular complexity index is 1200. The summed E-state index contributed by atoms with van der Waals surface area (Å²) in [5.41, 5.74) is 2.61. The van der Waals surface area contributed by atoms with Crippen LogP contribution in [0.25, 0.3) is 0 Å². The molecule has 0 spiro atoms. The van der Waals surface area contributed by atoms with Gasteiger partial charge in [-0.25, -0.2) is 13.1 Å². The molecule has 0 aliphatic carbocycles. The van der Waals surface area contributed by atoms with E-state index in [-0.39, 0.29) is 26.6 Å². The first-order chi connectivity index (χ1) is 15.2. The SMILES string of the molecule is CC(C)c1ccc(CCCNS(=O)(=O)c2nnc(NC(=O)c3ccc(Cl)cc3Cl)s2)cc1. The zero-order chi connectivity index (χ0) is 23.3. The van der Waals surface area contributed by atoms with Gasteiger partial charge in [-0.2, -0.15) is 0 Å². The fraction of sp³-hybridized carbons (Fsp3) is 0.286. The standard InChI is InChI=1S/C21H22Cl2N4O3S2/c1-13(2)15-7-5-14(6-8-15)4-3-11-24-32(29,30)21-27-26-20(31-21)25-19(28)17-10-9-16(22)12-18(17)23/h5-10,12-13,24H,3-4,11H2,1-2H3,(H,25,26,28). The molecule has 11 heteroatoms. The van der Waals surface area contributed by atoms with Crippen LogP contribution in [0.15, 0.2) is 46.8 Å². The first-order valence-corrected chi connectivity index (χ1v) is 12.9. The molecule has 3 rings (SSSR count). The van der Waals surface area contributed by atoms with Crippen LogP contribution in [0.5, 0.6) is 0 Å². The van der Waals surface area contributed by atoms with E-state index in [2.05, 4.69) is 58.3 Å². The van der Waals surface area contributed by atoms with E-state index >= 15 is 0 Å². The molecule has 7 nitrogen and oxygen atoms in total. The van der Waals surface area contributed by atoms with Gasteiger partial charge in [0.25, 0.3) is 15.9 Å². The molecule has 0 aliphatic heterocycles. The predicted molar refractivity (Wildman–Crippen MR) is 128 cm³/mol. The summed E-state index contributed by atoms with van der Waals surface area (Å²) in [5.74, 6) is -0.0659. The molecule has 0 atom stereocenters. The van der Waals surface area contributed by atoms with Crippen molar-refractivity contribution in [2.75, 3.05) is 11.9 Å². The highest BCUT2D eigenvalue weighted by atomic mass is 35.5. The van der Waals surface area contributed by atoms with Crippen LogP contribution in [0.1, 0.15) is 47.7 Å². The fourth-order valence-electron chi connectivity index (χ4n) is 2.84. The van der Waals surface area contributed by atoms with Crippen molar-refractivity contribution in [3.63, 3.8) is 0 Å². The molecule has 1 amide bonds. The number of aromatic nitrogens is 2. The number of amides is 1. The molecule has 0 fully saturated rings. The number of benzene rings is 2. The van der Waals surface area contributed by atoms with Gasteiger partial charge in [0.1, 0.15) is 0 Å². The number of hydrogen-bond donors (Lipinski definition) is 2. The van der Waals surface area contributed by atoms with E-state index in [1.54, 1.807) is 0 Å². The summed E-state index contributed by atoms with van der Waals surface area (Å²) in [5, 5.41) is 10.5. The molecule has 32 heavy (non-hydrogen) atoms. The van der Waals surface area contributed by atoms with Crippen molar-refractivity contribution in [1.82, 2.24) is 14.9 Å².